The second kappa shape index (κ2) is 5.80. The van der Waals surface area contributed by atoms with Crippen molar-refractivity contribution in [2.75, 3.05) is 24.6 Å². The highest BCUT2D eigenvalue weighted by Crippen LogP contribution is 2.24. The van der Waals surface area contributed by atoms with Gasteiger partial charge in [-0.25, -0.2) is 4.98 Å². The number of nitriles is 1. The summed E-state index contributed by atoms with van der Waals surface area (Å²) in [5, 5.41) is 27.3. The number of hydrogen-bond acceptors (Lipinski definition) is 5. The van der Waals surface area contributed by atoms with Gasteiger partial charge in [0.05, 0.1) is 12.7 Å². The molecule has 1 unspecified atom stereocenters. The molecule has 5 heteroatoms. The number of aliphatic hydroxyl groups is 2. The Kier molecular flexibility index (Phi) is 4.13. The maximum absolute atomic E-state index is 9.59. The second-order valence-corrected chi connectivity index (χ2v) is 4.57. The number of anilines is 1. The predicted molar refractivity (Wildman–Crippen MR) is 67.0 cm³/mol. The van der Waals surface area contributed by atoms with E-state index < -0.39 is 6.10 Å². The highest BCUT2D eigenvalue weighted by Gasteiger charge is 2.25. The summed E-state index contributed by atoms with van der Waals surface area (Å²) in [7, 11) is 0. The van der Waals surface area contributed by atoms with Crippen molar-refractivity contribution in [2.45, 2.75) is 18.9 Å². The number of piperidine rings is 1. The Hall–Kier alpha value is -1.64. The van der Waals surface area contributed by atoms with Crippen LogP contribution in [0.5, 0.6) is 0 Å². The van der Waals surface area contributed by atoms with Crippen molar-refractivity contribution in [1.29, 1.82) is 5.26 Å². The van der Waals surface area contributed by atoms with Crippen LogP contribution in [0.1, 0.15) is 18.5 Å². The summed E-state index contributed by atoms with van der Waals surface area (Å²) in [6, 6.07) is 7.44. The van der Waals surface area contributed by atoms with Crippen LogP contribution in [0.3, 0.4) is 0 Å². The van der Waals surface area contributed by atoms with E-state index in [-0.39, 0.29) is 12.5 Å². The molecule has 2 rings (SSSR count). The van der Waals surface area contributed by atoms with Gasteiger partial charge in [-0.1, -0.05) is 6.07 Å². The SMILES string of the molecule is N#Cc1cccc(N2CCC(C(O)CO)CC2)n1. The summed E-state index contributed by atoms with van der Waals surface area (Å²) in [6.07, 6.45) is 1.05. The van der Waals surface area contributed by atoms with E-state index in [0.717, 1.165) is 31.7 Å². The molecule has 96 valence electrons. The van der Waals surface area contributed by atoms with Crippen molar-refractivity contribution >= 4 is 5.82 Å². The van der Waals surface area contributed by atoms with E-state index >= 15 is 0 Å². The Morgan fingerprint density at radius 1 is 1.44 bits per heavy atom. The number of hydrogen-bond donors (Lipinski definition) is 2. The van der Waals surface area contributed by atoms with Crippen molar-refractivity contribution in [3.63, 3.8) is 0 Å². The third-order valence-corrected chi connectivity index (χ3v) is 3.44. The molecule has 2 N–H and O–H groups in total. The minimum absolute atomic E-state index is 0.158. The highest BCUT2D eigenvalue weighted by molar-refractivity contribution is 5.41. The summed E-state index contributed by atoms with van der Waals surface area (Å²) >= 11 is 0. The molecule has 0 saturated carbocycles. The number of rotatable bonds is 3. The monoisotopic (exact) mass is 247 g/mol. The zero-order chi connectivity index (χ0) is 13.0. The van der Waals surface area contributed by atoms with Crippen molar-refractivity contribution in [2.24, 2.45) is 5.92 Å². The number of nitrogens with zero attached hydrogens (tertiary/aromatic N) is 3. The number of aromatic nitrogens is 1. The van der Waals surface area contributed by atoms with Crippen LogP contribution in [-0.2, 0) is 0 Å². The molecular formula is C13H17N3O2. The van der Waals surface area contributed by atoms with Crippen LogP contribution >= 0.6 is 0 Å². The van der Waals surface area contributed by atoms with Crippen LogP contribution in [0.15, 0.2) is 18.2 Å². The molecule has 5 nitrogen and oxygen atoms in total. The van der Waals surface area contributed by atoms with E-state index in [1.54, 1.807) is 6.07 Å². The Morgan fingerprint density at radius 3 is 2.78 bits per heavy atom. The third-order valence-electron chi connectivity index (χ3n) is 3.44. The molecule has 0 aromatic carbocycles. The lowest BCUT2D eigenvalue weighted by Crippen LogP contribution is -2.39. The van der Waals surface area contributed by atoms with Gasteiger partial charge in [0.2, 0.25) is 0 Å². The predicted octanol–water partition coefficient (Wildman–Crippen LogP) is 0.523. The first-order valence-electron chi connectivity index (χ1n) is 6.15. The highest BCUT2D eigenvalue weighted by atomic mass is 16.3. The van der Waals surface area contributed by atoms with E-state index in [0.29, 0.717) is 5.69 Å². The van der Waals surface area contributed by atoms with Gasteiger partial charge in [-0.3, -0.25) is 0 Å². The van der Waals surface area contributed by atoms with Crippen molar-refractivity contribution in [3.8, 4) is 6.07 Å². The Labute approximate surface area is 106 Å². The molecule has 0 radical (unpaired) electrons. The molecule has 0 aliphatic carbocycles. The normalized spacial score (nSPS) is 18.4. The molecule has 1 aromatic heterocycles. The van der Waals surface area contributed by atoms with E-state index in [9.17, 15) is 5.11 Å². The van der Waals surface area contributed by atoms with E-state index in [2.05, 4.69) is 9.88 Å². The average molecular weight is 247 g/mol. The van der Waals surface area contributed by atoms with Gasteiger partial charge in [-0.15, -0.1) is 0 Å². The van der Waals surface area contributed by atoms with Gasteiger partial charge in [0.1, 0.15) is 17.6 Å². The van der Waals surface area contributed by atoms with Crippen molar-refractivity contribution in [3.05, 3.63) is 23.9 Å². The average Bonchev–Trinajstić information content (AvgIpc) is 2.46. The second-order valence-electron chi connectivity index (χ2n) is 4.57. The molecule has 2 heterocycles. The van der Waals surface area contributed by atoms with Crippen LogP contribution in [0.4, 0.5) is 5.82 Å². The maximum Gasteiger partial charge on any atom is 0.142 e. The van der Waals surface area contributed by atoms with Gasteiger partial charge in [0, 0.05) is 13.1 Å². The van der Waals surface area contributed by atoms with E-state index in [4.69, 9.17) is 10.4 Å². The van der Waals surface area contributed by atoms with E-state index in [1.807, 2.05) is 18.2 Å². The topological polar surface area (TPSA) is 80.4 Å². The molecular weight excluding hydrogens is 230 g/mol. The molecule has 0 spiro atoms. The van der Waals surface area contributed by atoms with Crippen molar-refractivity contribution < 1.29 is 10.2 Å². The first-order chi connectivity index (χ1) is 8.74. The summed E-state index contributed by atoms with van der Waals surface area (Å²) in [6.45, 7) is 1.42. The molecule has 0 amide bonds. The molecule has 0 bridgehead atoms. The molecule has 1 fully saturated rings. The molecule has 1 saturated heterocycles. The Balaban J connectivity index is 1.99. The molecule has 1 atom stereocenters. The summed E-state index contributed by atoms with van der Waals surface area (Å²) in [4.78, 5) is 6.37. The minimum Gasteiger partial charge on any atom is -0.394 e. The first-order valence-corrected chi connectivity index (χ1v) is 6.15. The maximum atomic E-state index is 9.59. The van der Waals surface area contributed by atoms with Gasteiger partial charge in [-0.2, -0.15) is 5.26 Å². The van der Waals surface area contributed by atoms with Gasteiger partial charge in [-0.05, 0) is 30.9 Å². The van der Waals surface area contributed by atoms with Crippen LogP contribution in [-0.4, -0.2) is 41.0 Å². The van der Waals surface area contributed by atoms with E-state index in [1.165, 1.54) is 0 Å². The minimum atomic E-state index is -0.620. The Morgan fingerprint density at radius 2 is 2.17 bits per heavy atom. The lowest BCUT2D eigenvalue weighted by atomic mass is 9.91. The van der Waals surface area contributed by atoms with Gasteiger partial charge < -0.3 is 15.1 Å². The molecule has 1 aliphatic heterocycles. The smallest absolute Gasteiger partial charge is 0.142 e. The molecule has 1 aromatic rings. The van der Waals surface area contributed by atoms with Gasteiger partial charge >= 0.3 is 0 Å². The zero-order valence-electron chi connectivity index (χ0n) is 10.2. The molecule has 1 aliphatic rings. The van der Waals surface area contributed by atoms with Crippen LogP contribution in [0, 0.1) is 17.2 Å². The summed E-state index contributed by atoms with van der Waals surface area (Å²) < 4.78 is 0. The number of aliphatic hydroxyl groups excluding tert-OH is 2. The lowest BCUT2D eigenvalue weighted by Gasteiger charge is -2.34. The standard InChI is InChI=1S/C13H17N3O2/c14-8-11-2-1-3-13(15-11)16-6-4-10(5-7-16)12(18)9-17/h1-3,10,12,17-18H,4-7,9H2. The molecule has 18 heavy (non-hydrogen) atoms. The first kappa shape index (κ1) is 12.8. The van der Waals surface area contributed by atoms with Gasteiger partial charge in [0.15, 0.2) is 0 Å². The zero-order valence-corrected chi connectivity index (χ0v) is 10.2. The summed E-state index contributed by atoms with van der Waals surface area (Å²) in [5.74, 6) is 0.969. The fourth-order valence-corrected chi connectivity index (χ4v) is 2.32. The van der Waals surface area contributed by atoms with Crippen LogP contribution in [0.2, 0.25) is 0 Å². The fraction of sp³-hybridized carbons (Fsp3) is 0.538. The van der Waals surface area contributed by atoms with Crippen molar-refractivity contribution in [1.82, 2.24) is 4.98 Å². The summed E-state index contributed by atoms with van der Waals surface area (Å²) in [5.41, 5.74) is 0.421. The number of pyridine rings is 1. The van der Waals surface area contributed by atoms with Crippen LogP contribution < -0.4 is 4.90 Å². The Bertz CT molecular complexity index is 436. The van der Waals surface area contributed by atoms with Crippen LogP contribution in [0.25, 0.3) is 0 Å². The third kappa shape index (κ3) is 2.78. The quantitative estimate of drug-likeness (QED) is 0.814. The largest absolute Gasteiger partial charge is 0.394 e. The fourth-order valence-electron chi connectivity index (χ4n) is 2.32. The lowest BCUT2D eigenvalue weighted by molar-refractivity contribution is 0.0376. The van der Waals surface area contributed by atoms with Gasteiger partial charge in [0.25, 0.3) is 0 Å².